The lowest BCUT2D eigenvalue weighted by atomic mass is 9.67. The van der Waals surface area contributed by atoms with E-state index in [2.05, 4.69) is 5.32 Å². The minimum absolute atomic E-state index is 0.0584. The van der Waals surface area contributed by atoms with Crippen LogP contribution < -0.4 is 20.5 Å². The molecule has 3 N–H and O–H groups in total. The third-order valence-corrected chi connectivity index (χ3v) is 5.49. The molecule has 3 aliphatic rings. The van der Waals surface area contributed by atoms with Crippen molar-refractivity contribution in [2.75, 3.05) is 6.61 Å². The number of nitrogens with one attached hydrogen (secondary N) is 1. The summed E-state index contributed by atoms with van der Waals surface area (Å²) in [4.78, 5) is 12.6. The fourth-order valence-corrected chi connectivity index (χ4v) is 4.43. The van der Waals surface area contributed by atoms with Crippen molar-refractivity contribution in [3.63, 3.8) is 0 Å². The summed E-state index contributed by atoms with van der Waals surface area (Å²) < 4.78 is 11.5. The highest BCUT2D eigenvalue weighted by molar-refractivity contribution is 5.82. The van der Waals surface area contributed by atoms with Crippen LogP contribution >= 0.6 is 0 Å². The Labute approximate surface area is 136 Å². The summed E-state index contributed by atoms with van der Waals surface area (Å²) in [7, 11) is 0. The van der Waals surface area contributed by atoms with Crippen LogP contribution in [-0.2, 0) is 4.79 Å². The van der Waals surface area contributed by atoms with Crippen LogP contribution in [0.25, 0.3) is 0 Å². The Bertz CT molecular complexity index is 577. The van der Waals surface area contributed by atoms with Gasteiger partial charge in [-0.25, -0.2) is 0 Å². The third-order valence-electron chi connectivity index (χ3n) is 5.49. The van der Waals surface area contributed by atoms with Crippen LogP contribution in [0.1, 0.15) is 32.1 Å². The summed E-state index contributed by atoms with van der Waals surface area (Å²) in [5.74, 6) is 2.31. The average Bonchev–Trinajstić information content (AvgIpc) is 2.55. The molecule has 1 aromatic rings. The predicted molar refractivity (Wildman–Crippen MR) is 86.3 cm³/mol. The van der Waals surface area contributed by atoms with Gasteiger partial charge in [0.2, 0.25) is 6.10 Å². The fraction of sp³-hybridized carbons (Fsp3) is 0.611. The molecular weight excluding hydrogens is 292 g/mol. The van der Waals surface area contributed by atoms with Crippen molar-refractivity contribution in [1.29, 1.82) is 0 Å². The van der Waals surface area contributed by atoms with Crippen LogP contribution in [0, 0.1) is 11.8 Å². The second-order valence-corrected chi connectivity index (χ2v) is 7.08. The number of ether oxygens (including phenoxy) is 2. The van der Waals surface area contributed by atoms with E-state index in [0.29, 0.717) is 29.4 Å². The van der Waals surface area contributed by atoms with Crippen molar-refractivity contribution in [3.8, 4) is 11.5 Å². The quantitative estimate of drug-likeness (QED) is 0.873. The van der Waals surface area contributed by atoms with Gasteiger partial charge in [0, 0.05) is 12.1 Å². The molecule has 1 aliphatic heterocycles. The second-order valence-electron chi connectivity index (χ2n) is 7.08. The lowest BCUT2D eigenvalue weighted by Crippen LogP contribution is -2.57. The van der Waals surface area contributed by atoms with Crippen molar-refractivity contribution in [2.24, 2.45) is 17.6 Å². The van der Waals surface area contributed by atoms with E-state index >= 15 is 0 Å². The van der Waals surface area contributed by atoms with Gasteiger partial charge in [-0.2, -0.15) is 0 Å². The third kappa shape index (κ3) is 2.90. The lowest BCUT2D eigenvalue weighted by Gasteiger charge is -2.45. The maximum Gasteiger partial charge on any atom is 0.264 e. The summed E-state index contributed by atoms with van der Waals surface area (Å²) in [5.41, 5.74) is 6.16. The van der Waals surface area contributed by atoms with E-state index in [0.717, 1.165) is 12.8 Å². The van der Waals surface area contributed by atoms with Gasteiger partial charge in [-0.1, -0.05) is 18.6 Å². The van der Waals surface area contributed by atoms with E-state index in [4.69, 9.17) is 15.2 Å². The molecule has 2 fully saturated rings. The first-order chi connectivity index (χ1) is 11.2. The van der Waals surface area contributed by atoms with Crippen molar-refractivity contribution in [2.45, 2.75) is 50.3 Å². The van der Waals surface area contributed by atoms with E-state index in [1.807, 2.05) is 24.3 Å². The fourth-order valence-electron chi connectivity index (χ4n) is 4.43. The molecule has 3 atom stereocenters. The molecule has 23 heavy (non-hydrogen) atoms. The number of para-hydroxylation sites is 2. The zero-order valence-electron chi connectivity index (χ0n) is 13.2. The molecule has 5 nitrogen and oxygen atoms in total. The van der Waals surface area contributed by atoms with Crippen LogP contribution in [0.2, 0.25) is 0 Å². The molecule has 4 rings (SSSR count). The minimum atomic E-state index is -0.568. The number of carbonyl (C=O) groups excluding carboxylic acids is 1. The molecule has 0 saturated heterocycles. The van der Waals surface area contributed by atoms with Gasteiger partial charge in [0.15, 0.2) is 11.5 Å². The van der Waals surface area contributed by atoms with Crippen LogP contribution in [0.5, 0.6) is 11.5 Å². The summed E-state index contributed by atoms with van der Waals surface area (Å²) in [6, 6.07) is 8.01. The molecule has 1 amide bonds. The van der Waals surface area contributed by atoms with Crippen molar-refractivity contribution < 1.29 is 14.3 Å². The predicted octanol–water partition coefficient (Wildman–Crippen LogP) is 1.85. The van der Waals surface area contributed by atoms with E-state index in [1.165, 1.54) is 19.3 Å². The number of carbonyl (C=O) groups is 1. The minimum Gasteiger partial charge on any atom is -0.485 e. The highest BCUT2D eigenvalue weighted by atomic mass is 16.6. The zero-order chi connectivity index (χ0) is 15.8. The molecular formula is C18H24N2O3. The Hall–Kier alpha value is -1.75. The Morgan fingerprint density at radius 2 is 1.83 bits per heavy atom. The number of hydrogen-bond acceptors (Lipinski definition) is 4. The molecule has 0 spiro atoms. The van der Waals surface area contributed by atoms with Crippen molar-refractivity contribution in [3.05, 3.63) is 24.3 Å². The first kappa shape index (κ1) is 14.8. The summed E-state index contributed by atoms with van der Waals surface area (Å²) in [6.45, 7) is 0.268. The van der Waals surface area contributed by atoms with Crippen molar-refractivity contribution in [1.82, 2.24) is 5.32 Å². The molecule has 3 unspecified atom stereocenters. The largest absolute Gasteiger partial charge is 0.485 e. The van der Waals surface area contributed by atoms with Crippen LogP contribution in [0.3, 0.4) is 0 Å². The first-order valence-corrected chi connectivity index (χ1v) is 8.65. The monoisotopic (exact) mass is 316 g/mol. The highest BCUT2D eigenvalue weighted by Crippen LogP contribution is 2.40. The molecule has 124 valence electrons. The second kappa shape index (κ2) is 6.04. The number of benzene rings is 1. The molecule has 1 aromatic carbocycles. The van der Waals surface area contributed by atoms with Crippen LogP contribution in [-0.4, -0.2) is 30.7 Å². The molecule has 0 radical (unpaired) electrons. The molecule has 2 saturated carbocycles. The molecule has 0 aromatic heterocycles. The Balaban J connectivity index is 1.42. The summed E-state index contributed by atoms with van der Waals surface area (Å²) in [5, 5.41) is 3.24. The zero-order valence-corrected chi connectivity index (χ0v) is 13.2. The smallest absolute Gasteiger partial charge is 0.264 e. The number of amides is 1. The number of rotatable bonds is 2. The van der Waals surface area contributed by atoms with Gasteiger partial charge in [0.25, 0.3) is 5.91 Å². The normalized spacial score (nSPS) is 35.4. The average molecular weight is 316 g/mol. The molecule has 2 bridgehead atoms. The lowest BCUT2D eigenvalue weighted by molar-refractivity contribution is -0.132. The molecule has 1 heterocycles. The molecule has 2 aliphatic carbocycles. The van der Waals surface area contributed by atoms with Gasteiger partial charge >= 0.3 is 0 Å². The Kier molecular flexibility index (Phi) is 3.89. The maximum absolute atomic E-state index is 12.6. The number of fused-ring (bicyclic) bond motifs is 3. The maximum atomic E-state index is 12.6. The Morgan fingerprint density at radius 3 is 2.57 bits per heavy atom. The summed E-state index contributed by atoms with van der Waals surface area (Å²) >= 11 is 0. The van der Waals surface area contributed by atoms with Gasteiger partial charge in [0.05, 0.1) is 0 Å². The number of hydrogen-bond donors (Lipinski definition) is 2. The van der Waals surface area contributed by atoms with Crippen LogP contribution in [0.15, 0.2) is 24.3 Å². The highest BCUT2D eigenvalue weighted by Gasteiger charge is 2.41. The Morgan fingerprint density at radius 1 is 1.13 bits per heavy atom. The first-order valence-electron chi connectivity index (χ1n) is 8.65. The SMILES string of the molecule is NC1CC2CCCC(C1)C2NC(=O)C1COc2ccccc2O1. The molecule has 5 heteroatoms. The van der Waals surface area contributed by atoms with Gasteiger partial charge < -0.3 is 20.5 Å². The van der Waals surface area contributed by atoms with Gasteiger partial charge in [-0.15, -0.1) is 0 Å². The topological polar surface area (TPSA) is 73.6 Å². The van der Waals surface area contributed by atoms with E-state index in [9.17, 15) is 4.79 Å². The van der Waals surface area contributed by atoms with Crippen molar-refractivity contribution >= 4 is 5.91 Å². The van der Waals surface area contributed by atoms with E-state index in [-0.39, 0.29) is 18.6 Å². The standard InChI is InChI=1S/C18H24N2O3/c19-13-8-11-4-3-5-12(9-13)17(11)20-18(21)16-10-22-14-6-1-2-7-15(14)23-16/h1-2,6-7,11-13,16-17H,3-5,8-10,19H2,(H,20,21). The van der Waals surface area contributed by atoms with Gasteiger partial charge in [-0.3, -0.25) is 4.79 Å². The van der Waals surface area contributed by atoms with E-state index in [1.54, 1.807) is 0 Å². The summed E-state index contributed by atoms with van der Waals surface area (Å²) in [6.07, 6.45) is 5.06. The van der Waals surface area contributed by atoms with Gasteiger partial charge in [0.1, 0.15) is 6.61 Å². The number of nitrogens with two attached hydrogens (primary N) is 1. The van der Waals surface area contributed by atoms with E-state index < -0.39 is 6.10 Å². The van der Waals surface area contributed by atoms with Crippen LogP contribution in [0.4, 0.5) is 0 Å². The van der Waals surface area contributed by atoms with Gasteiger partial charge in [-0.05, 0) is 49.7 Å².